The number of aryl methyl sites for hydroxylation is 1. The predicted octanol–water partition coefficient (Wildman–Crippen LogP) is 2.49. The van der Waals surface area contributed by atoms with Crippen LogP contribution in [0.4, 0.5) is 5.69 Å². The molecule has 0 unspecified atom stereocenters. The number of carboxylic acids is 1. The van der Waals surface area contributed by atoms with E-state index in [4.69, 9.17) is 0 Å². The number of hydrogen-bond acceptors (Lipinski definition) is 3. The maximum Gasteiger partial charge on any atom is 0.307 e. The standard InChI is InChI=1S/C19H22N2O4/c1-11-6-7-12(17(22)20-13-8-9-13)10-16(11)21-18(23)14-4-2-3-5-15(14)19(24)25/h2-3,6-7,10,13-15H,4-5,8-9H2,1H3,(H,20,22)(H,21,23)(H,24,25)/t14-,15-/m1/s1. The van der Waals surface area contributed by atoms with Gasteiger partial charge in [0.25, 0.3) is 5.91 Å². The van der Waals surface area contributed by atoms with E-state index in [9.17, 15) is 19.5 Å². The lowest BCUT2D eigenvalue weighted by molar-refractivity contribution is -0.146. The Morgan fingerprint density at radius 2 is 1.76 bits per heavy atom. The van der Waals surface area contributed by atoms with Crippen molar-refractivity contribution in [3.8, 4) is 0 Å². The minimum atomic E-state index is -0.959. The molecule has 132 valence electrons. The third-order valence-electron chi connectivity index (χ3n) is 4.76. The minimum absolute atomic E-state index is 0.151. The normalized spacial score (nSPS) is 22.3. The molecule has 0 saturated heterocycles. The molecule has 3 N–H and O–H groups in total. The van der Waals surface area contributed by atoms with E-state index >= 15 is 0 Å². The SMILES string of the molecule is Cc1ccc(C(=O)NC2CC2)cc1NC(=O)[C@@H]1CC=CC[C@H]1C(=O)O. The van der Waals surface area contributed by atoms with Crippen molar-refractivity contribution < 1.29 is 19.5 Å². The Kier molecular flexibility index (Phi) is 4.88. The molecule has 2 amide bonds. The summed E-state index contributed by atoms with van der Waals surface area (Å²) in [5.74, 6) is -2.75. The third kappa shape index (κ3) is 4.07. The maximum absolute atomic E-state index is 12.6. The van der Waals surface area contributed by atoms with Gasteiger partial charge in [-0.2, -0.15) is 0 Å². The predicted molar refractivity (Wildman–Crippen MR) is 93.3 cm³/mol. The summed E-state index contributed by atoms with van der Waals surface area (Å²) in [7, 11) is 0. The summed E-state index contributed by atoms with van der Waals surface area (Å²) in [6.07, 6.45) is 6.42. The summed E-state index contributed by atoms with van der Waals surface area (Å²) >= 11 is 0. The van der Waals surface area contributed by atoms with Crippen molar-refractivity contribution in [3.05, 3.63) is 41.5 Å². The van der Waals surface area contributed by atoms with Gasteiger partial charge in [0.05, 0.1) is 11.8 Å². The molecule has 0 aromatic heterocycles. The second-order valence-corrected chi connectivity index (χ2v) is 6.76. The van der Waals surface area contributed by atoms with Crippen molar-refractivity contribution in [2.24, 2.45) is 11.8 Å². The fraction of sp³-hybridized carbons (Fsp3) is 0.421. The molecule has 1 aromatic rings. The van der Waals surface area contributed by atoms with Crippen LogP contribution in [-0.4, -0.2) is 28.9 Å². The van der Waals surface area contributed by atoms with Crippen molar-refractivity contribution in [2.75, 3.05) is 5.32 Å². The van der Waals surface area contributed by atoms with Gasteiger partial charge in [0.1, 0.15) is 0 Å². The Morgan fingerprint density at radius 3 is 2.40 bits per heavy atom. The summed E-state index contributed by atoms with van der Waals surface area (Å²) in [4.78, 5) is 36.1. The molecule has 1 aromatic carbocycles. The average molecular weight is 342 g/mol. The number of aliphatic carboxylic acids is 1. The lowest BCUT2D eigenvalue weighted by Crippen LogP contribution is -2.35. The third-order valence-corrected chi connectivity index (χ3v) is 4.76. The highest BCUT2D eigenvalue weighted by Crippen LogP contribution is 2.28. The molecular formula is C19H22N2O4. The Balaban J connectivity index is 1.74. The Hall–Kier alpha value is -2.63. The number of allylic oxidation sites excluding steroid dienone is 2. The molecule has 25 heavy (non-hydrogen) atoms. The quantitative estimate of drug-likeness (QED) is 0.716. The van der Waals surface area contributed by atoms with Gasteiger partial charge in [0.2, 0.25) is 5.91 Å². The lowest BCUT2D eigenvalue weighted by Gasteiger charge is -2.24. The second kappa shape index (κ2) is 7.09. The number of anilines is 1. The zero-order valence-corrected chi connectivity index (χ0v) is 14.1. The van der Waals surface area contributed by atoms with E-state index in [0.29, 0.717) is 24.1 Å². The van der Waals surface area contributed by atoms with Crippen molar-refractivity contribution in [3.63, 3.8) is 0 Å². The van der Waals surface area contributed by atoms with Crippen molar-refractivity contribution in [2.45, 2.75) is 38.6 Å². The maximum atomic E-state index is 12.6. The molecule has 6 nitrogen and oxygen atoms in total. The molecule has 0 aliphatic heterocycles. The number of rotatable bonds is 5. The number of nitrogens with one attached hydrogen (secondary N) is 2. The summed E-state index contributed by atoms with van der Waals surface area (Å²) in [6.45, 7) is 1.84. The number of amides is 2. The number of benzene rings is 1. The van der Waals surface area contributed by atoms with Crippen LogP contribution in [0.2, 0.25) is 0 Å². The van der Waals surface area contributed by atoms with Gasteiger partial charge >= 0.3 is 5.97 Å². The van der Waals surface area contributed by atoms with Gasteiger partial charge in [-0.15, -0.1) is 0 Å². The van der Waals surface area contributed by atoms with E-state index in [2.05, 4.69) is 10.6 Å². The number of carbonyl (C=O) groups excluding carboxylic acids is 2. The first kappa shape index (κ1) is 17.2. The molecule has 0 bridgehead atoms. The lowest BCUT2D eigenvalue weighted by atomic mass is 9.82. The van der Waals surface area contributed by atoms with Crippen LogP contribution in [0.25, 0.3) is 0 Å². The van der Waals surface area contributed by atoms with Crippen LogP contribution in [-0.2, 0) is 9.59 Å². The van der Waals surface area contributed by atoms with Crippen LogP contribution in [0.1, 0.15) is 41.6 Å². The molecule has 1 fully saturated rings. The molecule has 3 rings (SSSR count). The Bertz CT molecular complexity index is 737. The summed E-state index contributed by atoms with van der Waals surface area (Å²) in [5, 5.41) is 15.0. The van der Waals surface area contributed by atoms with Gasteiger partial charge in [-0.25, -0.2) is 0 Å². The smallest absolute Gasteiger partial charge is 0.307 e. The number of hydrogen-bond donors (Lipinski definition) is 3. The first-order valence-corrected chi connectivity index (χ1v) is 8.56. The van der Waals surface area contributed by atoms with Gasteiger partial charge in [-0.1, -0.05) is 18.2 Å². The molecule has 1 saturated carbocycles. The van der Waals surface area contributed by atoms with Crippen LogP contribution in [0, 0.1) is 18.8 Å². The van der Waals surface area contributed by atoms with Crippen molar-refractivity contribution >= 4 is 23.5 Å². The van der Waals surface area contributed by atoms with Gasteiger partial charge in [0, 0.05) is 17.3 Å². The fourth-order valence-corrected chi connectivity index (χ4v) is 3.00. The fourth-order valence-electron chi connectivity index (χ4n) is 3.00. The van der Waals surface area contributed by atoms with E-state index in [1.54, 1.807) is 24.3 Å². The van der Waals surface area contributed by atoms with E-state index in [0.717, 1.165) is 18.4 Å². The molecule has 2 atom stereocenters. The Labute approximate surface area is 146 Å². The van der Waals surface area contributed by atoms with E-state index in [1.807, 2.05) is 13.0 Å². The highest BCUT2D eigenvalue weighted by Gasteiger charge is 2.34. The van der Waals surface area contributed by atoms with Crippen LogP contribution >= 0.6 is 0 Å². The molecule has 0 heterocycles. The van der Waals surface area contributed by atoms with Crippen molar-refractivity contribution in [1.82, 2.24) is 5.32 Å². The van der Waals surface area contributed by atoms with E-state index in [1.165, 1.54) is 0 Å². The summed E-state index contributed by atoms with van der Waals surface area (Å²) < 4.78 is 0. The molecular weight excluding hydrogens is 320 g/mol. The van der Waals surface area contributed by atoms with Gasteiger partial charge in [0.15, 0.2) is 0 Å². The highest BCUT2D eigenvalue weighted by atomic mass is 16.4. The Morgan fingerprint density at radius 1 is 1.08 bits per heavy atom. The van der Waals surface area contributed by atoms with Crippen molar-refractivity contribution in [1.29, 1.82) is 0 Å². The summed E-state index contributed by atoms with van der Waals surface area (Å²) in [6, 6.07) is 5.43. The first-order chi connectivity index (χ1) is 12.0. The zero-order chi connectivity index (χ0) is 18.0. The number of carboxylic acid groups (broad SMARTS) is 1. The second-order valence-electron chi connectivity index (χ2n) is 6.76. The topological polar surface area (TPSA) is 95.5 Å². The molecule has 0 radical (unpaired) electrons. The monoisotopic (exact) mass is 342 g/mol. The zero-order valence-electron chi connectivity index (χ0n) is 14.1. The number of carbonyl (C=O) groups is 3. The highest BCUT2D eigenvalue weighted by molar-refractivity contribution is 5.99. The molecule has 2 aliphatic rings. The first-order valence-electron chi connectivity index (χ1n) is 8.56. The average Bonchev–Trinajstić information content (AvgIpc) is 3.40. The van der Waals surface area contributed by atoms with Crippen LogP contribution in [0.3, 0.4) is 0 Å². The molecule has 0 spiro atoms. The summed E-state index contributed by atoms with van der Waals surface area (Å²) in [5.41, 5.74) is 1.87. The molecule has 2 aliphatic carbocycles. The molecule has 6 heteroatoms. The minimum Gasteiger partial charge on any atom is -0.481 e. The van der Waals surface area contributed by atoms with Crippen LogP contribution in [0.15, 0.2) is 30.4 Å². The van der Waals surface area contributed by atoms with E-state index < -0.39 is 17.8 Å². The largest absolute Gasteiger partial charge is 0.481 e. The van der Waals surface area contributed by atoms with Gasteiger partial charge < -0.3 is 15.7 Å². The van der Waals surface area contributed by atoms with Crippen LogP contribution < -0.4 is 10.6 Å². The van der Waals surface area contributed by atoms with E-state index in [-0.39, 0.29) is 17.9 Å². The van der Waals surface area contributed by atoms with Gasteiger partial charge in [-0.05, 0) is 50.3 Å². The van der Waals surface area contributed by atoms with Gasteiger partial charge in [-0.3, -0.25) is 14.4 Å². The van der Waals surface area contributed by atoms with Crippen LogP contribution in [0.5, 0.6) is 0 Å².